The molecule has 0 spiro atoms. The first-order valence-corrected chi connectivity index (χ1v) is 4.73. The van der Waals surface area contributed by atoms with Gasteiger partial charge in [0.25, 0.3) is 0 Å². The van der Waals surface area contributed by atoms with E-state index in [0.29, 0.717) is 0 Å². The molecule has 0 aromatic carbocycles. The molecular weight excluding hydrogens is 243 g/mol. The van der Waals surface area contributed by atoms with Crippen LogP contribution in [0, 0.1) is 5.41 Å². The van der Waals surface area contributed by atoms with Crippen LogP contribution in [0.25, 0.3) is 0 Å². The van der Waals surface area contributed by atoms with E-state index in [-0.39, 0.29) is 6.42 Å². The molecule has 0 radical (unpaired) electrons. The smallest absolute Gasteiger partial charge is 0.411 e. The lowest BCUT2D eigenvalue weighted by molar-refractivity contribution is -0.176. The fourth-order valence-corrected chi connectivity index (χ4v) is 1.06. The first kappa shape index (κ1) is 15.7. The lowest BCUT2D eigenvalue weighted by atomic mass is 9.86. The number of hydrogen-bond donors (Lipinski definition) is 2. The number of carbonyl (C=O) groups is 2. The van der Waals surface area contributed by atoms with Gasteiger partial charge in [0.05, 0.1) is 0 Å². The normalized spacial score (nSPS) is 15.1. The average molecular weight is 257 g/mol. The van der Waals surface area contributed by atoms with E-state index in [1.165, 1.54) is 7.05 Å². The molecule has 17 heavy (non-hydrogen) atoms. The van der Waals surface area contributed by atoms with Gasteiger partial charge in [-0.25, -0.2) is 0 Å². The second kappa shape index (κ2) is 5.85. The van der Waals surface area contributed by atoms with Crippen molar-refractivity contribution in [2.75, 3.05) is 20.3 Å². The summed E-state index contributed by atoms with van der Waals surface area (Å²) in [5.74, 6) is -2.19. The summed E-state index contributed by atoms with van der Waals surface area (Å²) in [6.07, 6.45) is -4.80. The molecule has 0 rings (SSSR count). The van der Waals surface area contributed by atoms with Gasteiger partial charge >= 0.3 is 12.1 Å². The Morgan fingerprint density at radius 1 is 1.35 bits per heavy atom. The molecule has 0 aromatic heterocycles. The number of hydrogen-bond acceptors (Lipinski definition) is 3. The highest BCUT2D eigenvalue weighted by Gasteiger charge is 2.40. The van der Waals surface area contributed by atoms with Crippen molar-refractivity contribution in [1.29, 1.82) is 0 Å². The van der Waals surface area contributed by atoms with E-state index in [0.717, 1.165) is 6.92 Å². The van der Waals surface area contributed by atoms with E-state index in [1.54, 1.807) is 0 Å². The van der Waals surface area contributed by atoms with E-state index >= 15 is 0 Å². The Hall–Kier alpha value is -1.31. The average Bonchev–Trinajstić information content (AvgIpc) is 2.21. The molecule has 1 amide bonds. The Balaban J connectivity index is 4.30. The zero-order valence-corrected chi connectivity index (χ0v) is 9.43. The third-order valence-corrected chi connectivity index (χ3v) is 2.21. The molecule has 0 fully saturated rings. The molecule has 2 N–H and O–H groups in total. The maximum Gasteiger partial charge on any atom is 0.411 e. The van der Waals surface area contributed by atoms with Crippen LogP contribution in [0.4, 0.5) is 13.2 Å². The van der Waals surface area contributed by atoms with Crippen LogP contribution in [0.3, 0.4) is 0 Å². The Kier molecular flexibility index (Phi) is 5.40. The van der Waals surface area contributed by atoms with Crippen LogP contribution in [0.2, 0.25) is 0 Å². The molecule has 8 heteroatoms. The maximum absolute atomic E-state index is 11.7. The summed E-state index contributed by atoms with van der Waals surface area (Å²) in [7, 11) is 1.25. The highest BCUT2D eigenvalue weighted by molar-refractivity contribution is 6.01. The third-order valence-electron chi connectivity index (χ3n) is 2.21. The van der Waals surface area contributed by atoms with E-state index < -0.39 is 36.7 Å². The Bertz CT molecular complexity index is 292. The van der Waals surface area contributed by atoms with Gasteiger partial charge in [-0.1, -0.05) is 0 Å². The number of halogens is 3. The van der Waals surface area contributed by atoms with Crippen LogP contribution in [0.15, 0.2) is 0 Å². The predicted molar refractivity (Wildman–Crippen MR) is 51.3 cm³/mol. The first-order chi connectivity index (χ1) is 7.63. The summed E-state index contributed by atoms with van der Waals surface area (Å²) >= 11 is 0. The molecule has 0 aromatic rings. The highest BCUT2D eigenvalue weighted by atomic mass is 19.4. The number of alkyl halides is 3. The highest BCUT2D eigenvalue weighted by Crippen LogP contribution is 2.23. The van der Waals surface area contributed by atoms with Gasteiger partial charge in [0, 0.05) is 13.7 Å². The Labute approximate surface area is 95.9 Å². The van der Waals surface area contributed by atoms with Crippen LogP contribution in [-0.4, -0.2) is 43.4 Å². The second-order valence-electron chi connectivity index (χ2n) is 3.63. The fraction of sp³-hybridized carbons (Fsp3) is 0.778. The van der Waals surface area contributed by atoms with Crippen molar-refractivity contribution in [3.63, 3.8) is 0 Å². The number of aliphatic carboxylic acids is 1. The van der Waals surface area contributed by atoms with E-state index in [1.807, 2.05) is 0 Å². The molecule has 100 valence electrons. The summed E-state index contributed by atoms with van der Waals surface area (Å²) in [6.45, 7) is -0.794. The number of amides is 1. The van der Waals surface area contributed by atoms with Gasteiger partial charge in [0.15, 0.2) is 0 Å². The molecule has 1 unspecified atom stereocenters. The standard InChI is InChI=1S/C9H14F3NO4/c1-8(7(15)16,6(14)13-2)3-4-17-5-9(10,11)12/h3-5H2,1-2H3,(H,13,14)(H,15,16). The number of carboxylic acids is 1. The molecular formula is C9H14F3NO4. The van der Waals surface area contributed by atoms with Crippen molar-refractivity contribution in [1.82, 2.24) is 5.32 Å². The van der Waals surface area contributed by atoms with Gasteiger partial charge in [-0.15, -0.1) is 0 Å². The topological polar surface area (TPSA) is 75.6 Å². The minimum absolute atomic E-state index is 0.335. The van der Waals surface area contributed by atoms with Crippen molar-refractivity contribution in [3.8, 4) is 0 Å². The van der Waals surface area contributed by atoms with Crippen LogP contribution >= 0.6 is 0 Å². The molecule has 0 aliphatic heterocycles. The second-order valence-corrected chi connectivity index (χ2v) is 3.63. The largest absolute Gasteiger partial charge is 0.480 e. The van der Waals surface area contributed by atoms with Gasteiger partial charge in [0.2, 0.25) is 5.91 Å². The molecule has 0 bridgehead atoms. The lowest BCUT2D eigenvalue weighted by Gasteiger charge is -2.22. The number of nitrogens with one attached hydrogen (secondary N) is 1. The van der Waals surface area contributed by atoms with Crippen molar-refractivity contribution < 1.29 is 32.6 Å². The number of ether oxygens (including phenoxy) is 1. The van der Waals surface area contributed by atoms with Crippen LogP contribution in [-0.2, 0) is 14.3 Å². The van der Waals surface area contributed by atoms with E-state index in [4.69, 9.17) is 5.11 Å². The Morgan fingerprint density at radius 2 is 1.88 bits per heavy atom. The first-order valence-electron chi connectivity index (χ1n) is 4.73. The monoisotopic (exact) mass is 257 g/mol. The summed E-state index contributed by atoms with van der Waals surface area (Å²) < 4.78 is 39.5. The number of rotatable bonds is 6. The van der Waals surface area contributed by atoms with Crippen molar-refractivity contribution in [3.05, 3.63) is 0 Å². The molecule has 1 atom stereocenters. The summed E-state index contributed by atoms with van der Waals surface area (Å²) in [5.41, 5.74) is -1.79. The van der Waals surface area contributed by atoms with Crippen LogP contribution in [0.1, 0.15) is 13.3 Å². The van der Waals surface area contributed by atoms with Crippen LogP contribution in [0.5, 0.6) is 0 Å². The lowest BCUT2D eigenvalue weighted by Crippen LogP contribution is -2.44. The molecule has 0 heterocycles. The van der Waals surface area contributed by atoms with Crippen LogP contribution < -0.4 is 5.32 Å². The number of carbonyl (C=O) groups excluding carboxylic acids is 1. The van der Waals surface area contributed by atoms with Gasteiger partial charge in [-0.3, -0.25) is 9.59 Å². The zero-order valence-electron chi connectivity index (χ0n) is 9.43. The fourth-order valence-electron chi connectivity index (χ4n) is 1.06. The maximum atomic E-state index is 11.7. The zero-order chi connectivity index (χ0) is 13.7. The number of carboxylic acid groups (broad SMARTS) is 1. The van der Waals surface area contributed by atoms with E-state index in [9.17, 15) is 22.8 Å². The van der Waals surface area contributed by atoms with Gasteiger partial charge in [0.1, 0.15) is 12.0 Å². The quantitative estimate of drug-likeness (QED) is 0.545. The molecule has 0 aliphatic rings. The van der Waals surface area contributed by atoms with Crippen molar-refractivity contribution in [2.45, 2.75) is 19.5 Å². The molecule has 0 saturated carbocycles. The molecule has 5 nitrogen and oxygen atoms in total. The van der Waals surface area contributed by atoms with Gasteiger partial charge in [-0.05, 0) is 13.3 Å². The Morgan fingerprint density at radius 3 is 2.24 bits per heavy atom. The summed E-state index contributed by atoms with van der Waals surface area (Å²) in [4.78, 5) is 22.2. The minimum atomic E-state index is -4.47. The molecule has 0 aliphatic carbocycles. The molecule has 0 saturated heterocycles. The third kappa shape index (κ3) is 5.03. The minimum Gasteiger partial charge on any atom is -0.480 e. The van der Waals surface area contributed by atoms with Crippen molar-refractivity contribution in [2.24, 2.45) is 5.41 Å². The predicted octanol–water partition coefficient (Wildman–Crippen LogP) is 0.792. The van der Waals surface area contributed by atoms with E-state index in [2.05, 4.69) is 10.1 Å². The van der Waals surface area contributed by atoms with Gasteiger partial charge in [-0.2, -0.15) is 13.2 Å². The summed E-state index contributed by atoms with van der Waals surface area (Å²) in [5, 5.41) is 11.0. The van der Waals surface area contributed by atoms with Gasteiger partial charge < -0.3 is 15.2 Å². The SMILES string of the molecule is CNC(=O)C(C)(CCOCC(F)(F)F)C(=O)O. The summed E-state index contributed by atoms with van der Waals surface area (Å²) in [6, 6.07) is 0. The van der Waals surface area contributed by atoms with Crippen molar-refractivity contribution >= 4 is 11.9 Å².